The second kappa shape index (κ2) is 10.6. The number of anilines is 1. The lowest BCUT2D eigenvalue weighted by molar-refractivity contribution is -0.0480. The number of nitrogens with zero attached hydrogens (tertiary/aromatic N) is 4. The number of ether oxygens (including phenoxy) is 1. The summed E-state index contributed by atoms with van der Waals surface area (Å²) in [5.41, 5.74) is 1.04. The number of hydrogen-bond donors (Lipinski definition) is 3. The predicted molar refractivity (Wildman–Crippen MR) is 137 cm³/mol. The third-order valence-electron chi connectivity index (χ3n) is 6.82. The summed E-state index contributed by atoms with van der Waals surface area (Å²) in [6.07, 6.45) is -0.989. The van der Waals surface area contributed by atoms with Crippen molar-refractivity contribution in [3.63, 3.8) is 0 Å². The molecule has 0 spiro atoms. The average molecular weight is 549 g/mol. The number of aromatic nitrogens is 4. The monoisotopic (exact) mass is 548 g/mol. The average Bonchev–Trinajstić information content (AvgIpc) is 3.40. The van der Waals surface area contributed by atoms with Gasteiger partial charge in [-0.05, 0) is 30.3 Å². The van der Waals surface area contributed by atoms with Gasteiger partial charge in [0, 0.05) is 10.1 Å². The molecule has 1 aliphatic rings. The molecule has 0 bridgehead atoms. The van der Waals surface area contributed by atoms with Gasteiger partial charge in [-0.25, -0.2) is 15.0 Å². The van der Waals surface area contributed by atoms with Crippen LogP contribution >= 0.6 is 8.25 Å². The maximum absolute atomic E-state index is 12.7. The maximum Gasteiger partial charge on any atom is 0.695 e. The summed E-state index contributed by atoms with van der Waals surface area (Å²) in [6.45, 7) is 9.87. The summed E-state index contributed by atoms with van der Waals surface area (Å²) in [5.74, 6) is -0.178. The number of rotatable bonds is 8. The molecule has 5 atom stereocenters. The Balaban J connectivity index is 1.69. The number of amides is 1. The molecule has 1 fully saturated rings. The van der Waals surface area contributed by atoms with Crippen LogP contribution in [0.1, 0.15) is 37.4 Å². The first-order chi connectivity index (χ1) is 17.4. The van der Waals surface area contributed by atoms with Crippen LogP contribution in [0.2, 0.25) is 18.1 Å². The molecule has 1 aliphatic heterocycles. The van der Waals surface area contributed by atoms with Crippen LogP contribution in [0.4, 0.5) is 5.82 Å². The third-order valence-corrected chi connectivity index (χ3v) is 11.7. The molecule has 3 heterocycles. The normalized spacial score (nSPS) is 22.8. The van der Waals surface area contributed by atoms with Crippen molar-refractivity contribution in [2.75, 3.05) is 11.9 Å². The molecule has 3 N–H and O–H groups in total. The van der Waals surface area contributed by atoms with E-state index in [9.17, 15) is 19.4 Å². The molecular weight excluding hydrogens is 517 g/mol. The molecule has 37 heavy (non-hydrogen) atoms. The van der Waals surface area contributed by atoms with Crippen LogP contribution < -0.4 is 5.32 Å². The fourth-order valence-electron chi connectivity index (χ4n) is 3.85. The topological polar surface area (TPSA) is 158 Å². The molecular formula is C23H31N5O7PSi+. The van der Waals surface area contributed by atoms with E-state index in [4.69, 9.17) is 13.7 Å². The van der Waals surface area contributed by atoms with Crippen molar-refractivity contribution in [2.24, 2.45) is 0 Å². The van der Waals surface area contributed by atoms with Crippen molar-refractivity contribution in [1.29, 1.82) is 0 Å². The number of carbonyl (C=O) groups excluding carboxylic acids is 1. The van der Waals surface area contributed by atoms with E-state index >= 15 is 0 Å². The van der Waals surface area contributed by atoms with Crippen molar-refractivity contribution < 1.29 is 33.0 Å². The summed E-state index contributed by atoms with van der Waals surface area (Å²) in [6, 6.07) is 8.66. The van der Waals surface area contributed by atoms with Crippen LogP contribution in [0.15, 0.2) is 43.0 Å². The number of nitrogens with one attached hydrogen (secondary N) is 1. The number of aliphatic hydroxyl groups excluding tert-OH is 1. The Morgan fingerprint density at radius 1 is 1.19 bits per heavy atom. The molecule has 2 aromatic heterocycles. The SMILES string of the molecule is CC(C)(C)[Si](C)(C)O[C@@H]1C(CO)OC(n2cnc3c(NC(=O)c4ccccc4)ncnc32)[C@@H]1O[P+](=O)O. The third kappa shape index (κ3) is 5.63. The zero-order chi connectivity index (χ0) is 27.0. The number of hydrogen-bond acceptors (Lipinski definition) is 9. The predicted octanol–water partition coefficient (Wildman–Crippen LogP) is 3.39. The van der Waals surface area contributed by atoms with Gasteiger partial charge >= 0.3 is 8.25 Å². The van der Waals surface area contributed by atoms with Gasteiger partial charge in [-0.1, -0.05) is 39.0 Å². The van der Waals surface area contributed by atoms with Gasteiger partial charge in [-0.3, -0.25) is 9.36 Å². The highest BCUT2D eigenvalue weighted by molar-refractivity contribution is 7.32. The van der Waals surface area contributed by atoms with E-state index in [0.29, 0.717) is 11.2 Å². The van der Waals surface area contributed by atoms with Gasteiger partial charge in [0.25, 0.3) is 5.91 Å². The van der Waals surface area contributed by atoms with Crippen LogP contribution in [0.25, 0.3) is 11.2 Å². The molecule has 14 heteroatoms. The minimum atomic E-state index is -3.02. The van der Waals surface area contributed by atoms with Crippen LogP contribution in [-0.2, 0) is 18.3 Å². The molecule has 1 amide bonds. The fraction of sp³-hybridized carbons (Fsp3) is 0.478. The summed E-state index contributed by atoms with van der Waals surface area (Å²) in [5, 5.41) is 12.7. The smallest absolute Gasteiger partial charge is 0.408 e. The molecule has 4 rings (SSSR count). The Morgan fingerprint density at radius 2 is 1.89 bits per heavy atom. The summed E-state index contributed by atoms with van der Waals surface area (Å²) >= 11 is 0. The molecule has 3 unspecified atom stereocenters. The lowest BCUT2D eigenvalue weighted by atomic mass is 10.1. The zero-order valence-corrected chi connectivity index (χ0v) is 23.1. The van der Waals surface area contributed by atoms with Gasteiger partial charge < -0.3 is 19.6 Å². The van der Waals surface area contributed by atoms with Crippen LogP contribution in [0, 0.1) is 0 Å². The molecule has 12 nitrogen and oxygen atoms in total. The minimum Gasteiger partial charge on any atom is -0.408 e. The van der Waals surface area contributed by atoms with E-state index in [0.717, 1.165) is 0 Å². The molecule has 198 valence electrons. The van der Waals surface area contributed by atoms with E-state index in [1.165, 1.54) is 17.2 Å². The first-order valence-corrected chi connectivity index (χ1v) is 15.8. The van der Waals surface area contributed by atoms with E-state index in [1.807, 2.05) is 19.2 Å². The standard InChI is InChI=1S/C23H30N5O7PSi/c1-23(2,3)37(4,5)35-17-15(11-29)33-22(18(17)34-36(31)32)28-13-26-16-19(24-12-25-20(16)28)27-21(30)14-9-7-6-8-10-14/h6-10,12-13,15,17-18,22,29H,11H2,1-5H3,(H-,24,25,27,30,31,32)/p+1/t15?,17-,18-,22?/m1/s1. The van der Waals surface area contributed by atoms with Gasteiger partial charge in [-0.2, -0.15) is 0 Å². The largest absolute Gasteiger partial charge is 0.695 e. The lowest BCUT2D eigenvalue weighted by Crippen LogP contribution is -2.50. The van der Waals surface area contributed by atoms with Crippen molar-refractivity contribution >= 4 is 39.5 Å². The quantitative estimate of drug-likeness (QED) is 0.281. The van der Waals surface area contributed by atoms with Crippen molar-refractivity contribution in [2.45, 2.75) is 63.4 Å². The Hall–Kier alpha value is -2.64. The Morgan fingerprint density at radius 3 is 2.51 bits per heavy atom. The van der Waals surface area contributed by atoms with E-state index < -0.39 is 47.7 Å². The Labute approximate surface area is 216 Å². The Bertz CT molecular complexity index is 1280. The number of carbonyl (C=O) groups is 1. The zero-order valence-electron chi connectivity index (χ0n) is 21.2. The number of aliphatic hydroxyl groups is 1. The minimum absolute atomic E-state index is 0.169. The molecule has 1 saturated heterocycles. The van der Waals surface area contributed by atoms with Crippen molar-refractivity contribution in [1.82, 2.24) is 19.5 Å². The number of benzene rings is 1. The molecule has 3 aromatic rings. The highest BCUT2D eigenvalue weighted by Gasteiger charge is 2.54. The fourth-order valence-corrected chi connectivity index (χ4v) is 5.61. The summed E-state index contributed by atoms with van der Waals surface area (Å²) in [7, 11) is -5.42. The van der Waals surface area contributed by atoms with Gasteiger partial charge in [0.15, 0.2) is 37.6 Å². The van der Waals surface area contributed by atoms with E-state index in [1.54, 1.807) is 24.3 Å². The van der Waals surface area contributed by atoms with Crippen LogP contribution in [0.5, 0.6) is 0 Å². The highest BCUT2D eigenvalue weighted by Crippen LogP contribution is 2.44. The summed E-state index contributed by atoms with van der Waals surface area (Å²) in [4.78, 5) is 35.2. The van der Waals surface area contributed by atoms with Gasteiger partial charge in [0.1, 0.15) is 18.5 Å². The van der Waals surface area contributed by atoms with Gasteiger partial charge in [0.2, 0.25) is 0 Å². The first kappa shape index (κ1) is 27.4. The van der Waals surface area contributed by atoms with E-state index in [-0.39, 0.29) is 22.3 Å². The number of imidazole rings is 1. The molecule has 0 saturated carbocycles. The van der Waals surface area contributed by atoms with Crippen LogP contribution in [0.3, 0.4) is 0 Å². The first-order valence-electron chi connectivity index (χ1n) is 11.7. The maximum atomic E-state index is 12.7. The molecule has 1 aromatic carbocycles. The van der Waals surface area contributed by atoms with Crippen molar-refractivity contribution in [3.05, 3.63) is 48.5 Å². The molecule has 0 radical (unpaired) electrons. The Kier molecular flexibility index (Phi) is 7.86. The lowest BCUT2D eigenvalue weighted by Gasteiger charge is -2.39. The number of fused-ring (bicyclic) bond motifs is 1. The second-order valence-electron chi connectivity index (χ2n) is 10.3. The van der Waals surface area contributed by atoms with Crippen LogP contribution in [-0.4, -0.2) is 68.7 Å². The van der Waals surface area contributed by atoms with Crippen molar-refractivity contribution in [3.8, 4) is 0 Å². The van der Waals surface area contributed by atoms with Gasteiger partial charge in [-0.15, -0.1) is 9.42 Å². The second-order valence-corrected chi connectivity index (χ2v) is 15.7. The van der Waals surface area contributed by atoms with E-state index in [2.05, 4.69) is 41.0 Å². The molecule has 0 aliphatic carbocycles. The summed E-state index contributed by atoms with van der Waals surface area (Å²) < 4.78 is 31.4. The highest BCUT2D eigenvalue weighted by atomic mass is 31.1. The van der Waals surface area contributed by atoms with Gasteiger partial charge in [0.05, 0.1) is 12.9 Å².